The van der Waals surface area contributed by atoms with E-state index in [1.807, 2.05) is 0 Å². The molecule has 2 aromatic rings. The number of rotatable bonds is 36. The molecule has 22 nitrogen and oxygen atoms in total. The van der Waals surface area contributed by atoms with Crippen LogP contribution in [-0.4, -0.2) is 155 Å². The molecular weight excluding hydrogens is 1430 g/mol. The number of halogens is 15. The summed E-state index contributed by atoms with van der Waals surface area (Å²) < 4.78 is 253. The highest BCUT2D eigenvalue weighted by Gasteiger charge is 2.93. The van der Waals surface area contributed by atoms with E-state index in [-0.39, 0.29) is 59.1 Å². The highest BCUT2D eigenvalue weighted by Crippen LogP contribution is 2.62. The van der Waals surface area contributed by atoms with Crippen molar-refractivity contribution < 1.29 is 146 Å². The Bertz CT molecular complexity index is 3390. The smallest absolute Gasteiger partial charge is 0.460 e. The van der Waals surface area contributed by atoms with Crippen molar-refractivity contribution in [3.63, 3.8) is 0 Å². The second kappa shape index (κ2) is 36.6. The second-order valence-corrected chi connectivity index (χ2v) is 28.1. The van der Waals surface area contributed by atoms with Gasteiger partial charge in [-0.3, -0.25) is 47.5 Å². The number of aliphatic carboxylic acids is 3. The van der Waals surface area contributed by atoms with Crippen molar-refractivity contribution in [3.8, 4) is 0 Å². The van der Waals surface area contributed by atoms with Gasteiger partial charge in [0.05, 0.1) is 54.3 Å². The van der Waals surface area contributed by atoms with Crippen LogP contribution in [0.5, 0.6) is 0 Å². The first-order valence-electron chi connectivity index (χ1n) is 31.9. The average molecular weight is 1520 g/mol. The number of amides is 3. The first-order valence-corrected chi connectivity index (χ1v) is 34.9. The van der Waals surface area contributed by atoms with E-state index in [0.717, 1.165) is 37.6 Å². The molecule has 0 saturated heterocycles. The third-order valence-corrected chi connectivity index (χ3v) is 20.6. The summed E-state index contributed by atoms with van der Waals surface area (Å²) in [5, 5.41) is 36.5. The van der Waals surface area contributed by atoms with E-state index >= 15 is 0 Å². The van der Waals surface area contributed by atoms with Gasteiger partial charge in [0.25, 0.3) is 10.1 Å². The Morgan fingerprint density at radius 3 is 1.37 bits per heavy atom. The number of carbonyl (C=O) groups is 8. The number of benzene rings is 2. The van der Waals surface area contributed by atoms with Gasteiger partial charge in [0.1, 0.15) is 10.7 Å². The van der Waals surface area contributed by atoms with Crippen LogP contribution in [0.4, 0.5) is 77.2 Å². The molecule has 7 atom stereocenters. The number of anilines is 2. The fourth-order valence-electron chi connectivity index (χ4n) is 10.2. The van der Waals surface area contributed by atoms with Crippen molar-refractivity contribution in [3.05, 3.63) is 52.6 Å². The number of hydrogen-bond donors (Lipinski definition) is 9. The van der Waals surface area contributed by atoms with E-state index in [4.69, 9.17) is 25.0 Å². The highest BCUT2D eigenvalue weighted by atomic mass is 32.2. The number of nitrogens with two attached hydrogens (primary N) is 1. The fourth-order valence-corrected chi connectivity index (χ4v) is 12.8. The molecule has 2 aliphatic rings. The lowest BCUT2D eigenvalue weighted by Gasteiger charge is -2.41. The van der Waals surface area contributed by atoms with Gasteiger partial charge in [0.2, 0.25) is 17.7 Å². The Morgan fingerprint density at radius 1 is 0.564 bits per heavy atom. The summed E-state index contributed by atoms with van der Waals surface area (Å²) in [6.45, 7) is 10.6. The first-order chi connectivity index (χ1) is 46.2. The van der Waals surface area contributed by atoms with Crippen LogP contribution in [0.15, 0.2) is 35.2 Å². The van der Waals surface area contributed by atoms with E-state index < -0.39 is 159 Å². The van der Waals surface area contributed by atoms with Crippen LogP contribution < -0.4 is 27.0 Å². The topological polar surface area (TPSA) is 361 Å². The molecule has 101 heavy (non-hydrogen) atoms. The number of fused-ring (bicyclic) bond motifs is 2. The molecule has 39 heteroatoms. The normalized spacial score (nSPS) is 17.7. The lowest BCUT2D eigenvalue weighted by molar-refractivity contribution is -0.451. The number of alkyl halides is 15. The van der Waals surface area contributed by atoms with Crippen molar-refractivity contribution in [2.24, 2.45) is 35.5 Å². The van der Waals surface area contributed by atoms with Gasteiger partial charge in [-0.2, -0.15) is 74.3 Å². The zero-order chi connectivity index (χ0) is 78.2. The highest BCUT2D eigenvalue weighted by molar-refractivity contribution is 7.86. The molecule has 0 aliphatic heterocycles. The summed E-state index contributed by atoms with van der Waals surface area (Å²) in [7, 11) is -8.34. The maximum absolute atomic E-state index is 13.6. The monoisotopic (exact) mass is 1520 g/mol. The molecule has 1 saturated carbocycles. The summed E-state index contributed by atoms with van der Waals surface area (Å²) >= 11 is 0. The number of carboxylic acids is 3. The van der Waals surface area contributed by atoms with Crippen molar-refractivity contribution in [2.45, 2.75) is 217 Å². The Hall–Kier alpha value is -6.79. The number of hydrogen-bond acceptors (Lipinski definition) is 15. The summed E-state index contributed by atoms with van der Waals surface area (Å²) in [6, 6.07) is 6.83. The zero-order valence-electron chi connectivity index (χ0n) is 56.3. The Kier molecular flexibility index (Phi) is 32.7. The molecule has 0 heterocycles. The SMILES string of the molecule is CCCCCCCCCCCC(NC(=O)[C@H](C)[C@@H](C)C(=O)O)P(=O)(OCC)OCC.C[C@@H](C(=O)O)[C@@H](C)C(=O)NC1CCC(Nc2cc(S(=O)(=O)O)c(N)c3c2C(=O)c2ccccc2C3=O)CC1.C[C@@H](C(=O)O)[C@@H](C)C(=O)NCC(F)(F)C(F)(F)C(F)(F)C(F)(F)C(F)(F)C(F)(F)C(F)(F)F. The van der Waals surface area contributed by atoms with Gasteiger partial charge in [-0.05, 0) is 52.0 Å². The van der Waals surface area contributed by atoms with Gasteiger partial charge in [0, 0.05) is 46.7 Å². The average Bonchev–Trinajstić information content (AvgIpc) is 0.708. The lowest BCUT2D eigenvalue weighted by Crippen LogP contribution is -2.73. The van der Waals surface area contributed by atoms with Crippen LogP contribution in [-0.2, 0) is 52.5 Å². The van der Waals surface area contributed by atoms with Crippen molar-refractivity contribution in [1.29, 1.82) is 0 Å². The standard InChI is InChI=1S/C26H29N3O8S.C22H44NO6P.C14H12F15NO3/c1-12(13(2)26(33)34)25(32)29-15-9-7-14(8-10-15)28-18-11-19(38(35,36)37)22(27)21-20(18)23(30)16-5-3-4-6-17(16)24(21)31;1-6-9-10-11-12-13-14-15-16-17-20(30(27,28-7-2)29-8-3)23-21(24)18(4)19(5)22(25)26;1-4(5(2)7(32)33)6(31)30-3-8(15,16)9(17,18)10(19,20)11(21,22)12(23,24)13(25,26)14(27,28)29/h3-6,11-15,28H,7-10,27H2,1-2H3,(H,29,32)(H,33,34)(H,35,36,37);18-20H,6-17H2,1-5H3,(H,23,24)(H,25,26);4-5H,3H2,1-2H3,(H,30,31)(H,32,33)/t12-,13-,14?,15?;18-,19-,20?;4-,5-/m111/s1. The van der Waals surface area contributed by atoms with E-state index in [9.17, 15) is 127 Å². The molecule has 10 N–H and O–H groups in total. The number of unbranched alkanes of at least 4 members (excludes halogenated alkanes) is 8. The van der Waals surface area contributed by atoms with Gasteiger partial charge < -0.3 is 51.4 Å². The molecule has 576 valence electrons. The minimum atomic E-state index is -8.42. The van der Waals surface area contributed by atoms with Gasteiger partial charge in [0.15, 0.2) is 11.6 Å². The van der Waals surface area contributed by atoms with Crippen molar-refractivity contribution >= 4 is 76.3 Å². The Morgan fingerprint density at radius 2 is 0.950 bits per heavy atom. The van der Waals surface area contributed by atoms with E-state index in [0.29, 0.717) is 39.0 Å². The maximum atomic E-state index is 13.6. The molecule has 2 aromatic carbocycles. The van der Waals surface area contributed by atoms with Crippen LogP contribution in [0, 0.1) is 35.5 Å². The third-order valence-electron chi connectivity index (χ3n) is 17.3. The number of carbonyl (C=O) groups excluding carboxylic acids is 5. The first kappa shape index (κ1) is 90.3. The number of nitrogens with one attached hydrogen (secondary N) is 4. The van der Waals surface area contributed by atoms with Crippen LogP contribution in [0.3, 0.4) is 0 Å². The summed E-state index contributed by atoms with van der Waals surface area (Å²) in [5.74, 6) is -62.5. The fraction of sp³-hybridized carbons (Fsp3) is 0.677. The van der Waals surface area contributed by atoms with Crippen molar-refractivity contribution in [1.82, 2.24) is 16.0 Å². The number of carboxylic acid groups (broad SMARTS) is 3. The third kappa shape index (κ3) is 21.7. The zero-order valence-corrected chi connectivity index (χ0v) is 58.0. The molecule has 0 radical (unpaired) electrons. The lowest BCUT2D eigenvalue weighted by atomic mass is 9.82. The summed E-state index contributed by atoms with van der Waals surface area (Å²) in [6.07, 6.45) is 5.38. The van der Waals surface area contributed by atoms with Gasteiger partial charge in [-0.1, -0.05) is 131 Å². The summed E-state index contributed by atoms with van der Waals surface area (Å²) in [5.41, 5.74) is 5.54. The molecule has 0 aromatic heterocycles. The van der Waals surface area contributed by atoms with Crippen LogP contribution in [0.2, 0.25) is 0 Å². The van der Waals surface area contributed by atoms with E-state index in [2.05, 4.69) is 22.9 Å². The minimum Gasteiger partial charge on any atom is -0.481 e. The Balaban J connectivity index is 0.000000520. The van der Waals surface area contributed by atoms with Gasteiger partial charge >= 0.3 is 67.2 Å². The van der Waals surface area contributed by atoms with E-state index in [1.54, 1.807) is 39.8 Å². The number of nitrogen functional groups attached to an aromatic ring is 1. The quantitative estimate of drug-likeness (QED) is 0.00858. The predicted octanol–water partition coefficient (Wildman–Crippen LogP) is 13.3. The summed E-state index contributed by atoms with van der Waals surface area (Å²) in [4.78, 5) is 95.6. The van der Waals surface area contributed by atoms with Crippen LogP contribution in [0.25, 0.3) is 0 Å². The molecule has 2 aliphatic carbocycles. The largest absolute Gasteiger partial charge is 0.481 e. The van der Waals surface area contributed by atoms with Crippen LogP contribution in [0.1, 0.15) is 184 Å². The van der Waals surface area contributed by atoms with E-state index in [1.165, 1.54) is 64.5 Å². The minimum absolute atomic E-state index is 0.0505. The Labute approximate surface area is 572 Å². The molecule has 0 bridgehead atoms. The molecule has 1 fully saturated rings. The molecule has 0 spiro atoms. The van der Waals surface area contributed by atoms with Gasteiger partial charge in [-0.25, -0.2) is 0 Å². The van der Waals surface area contributed by atoms with Crippen molar-refractivity contribution in [2.75, 3.05) is 30.8 Å². The predicted molar refractivity (Wildman–Crippen MR) is 333 cm³/mol. The molecular formula is C62H85F15N5O17PS. The van der Waals surface area contributed by atoms with Gasteiger partial charge in [-0.15, -0.1) is 0 Å². The maximum Gasteiger partial charge on any atom is 0.460 e. The molecule has 3 amide bonds. The number of ketones is 2. The molecule has 1 unspecified atom stereocenters. The van der Waals surface area contributed by atoms with Crippen LogP contribution >= 0.6 is 7.60 Å². The second-order valence-electron chi connectivity index (χ2n) is 24.5. The molecule has 4 rings (SSSR count).